The lowest BCUT2D eigenvalue weighted by Crippen LogP contribution is -2.42. The molecule has 0 radical (unpaired) electrons. The van der Waals surface area contributed by atoms with Crippen molar-refractivity contribution in [1.29, 1.82) is 0 Å². The fourth-order valence-corrected chi connectivity index (χ4v) is 5.65. The summed E-state index contributed by atoms with van der Waals surface area (Å²) in [5, 5.41) is 9.54. The third-order valence-corrected chi connectivity index (χ3v) is 7.86. The number of nitrogens with one attached hydrogen (secondary N) is 1. The molecule has 1 heterocycles. The van der Waals surface area contributed by atoms with Crippen molar-refractivity contribution in [2.75, 3.05) is 18.0 Å². The number of sulfonamides is 1. The van der Waals surface area contributed by atoms with Gasteiger partial charge in [0.25, 0.3) is 0 Å². The van der Waals surface area contributed by atoms with Crippen molar-refractivity contribution in [2.24, 2.45) is 5.92 Å². The number of carbonyl (C=O) groups is 1. The van der Waals surface area contributed by atoms with Crippen LogP contribution in [-0.2, 0) is 27.7 Å². The highest BCUT2D eigenvalue weighted by molar-refractivity contribution is 7.89. The lowest BCUT2D eigenvalue weighted by molar-refractivity contribution is -0.138. The number of piperidine rings is 1. The molecule has 0 aromatic heterocycles. The zero-order valence-electron chi connectivity index (χ0n) is 19.0. The van der Waals surface area contributed by atoms with Gasteiger partial charge >= 0.3 is 5.97 Å². The van der Waals surface area contributed by atoms with E-state index in [0.717, 1.165) is 43.6 Å². The molecule has 1 fully saturated rings. The second-order valence-electron chi connectivity index (χ2n) is 8.82. The minimum Gasteiger partial charge on any atom is -0.480 e. The van der Waals surface area contributed by atoms with E-state index in [4.69, 9.17) is 0 Å². The highest BCUT2D eigenvalue weighted by Crippen LogP contribution is 2.26. The van der Waals surface area contributed by atoms with E-state index < -0.39 is 22.0 Å². The van der Waals surface area contributed by atoms with Gasteiger partial charge in [-0.15, -0.1) is 0 Å². The van der Waals surface area contributed by atoms with Crippen molar-refractivity contribution in [1.82, 2.24) is 4.72 Å². The highest BCUT2D eigenvalue weighted by atomic mass is 32.2. The maximum absolute atomic E-state index is 12.9. The molecular formula is C27H30N2O4S. The monoisotopic (exact) mass is 478 g/mol. The Balaban J connectivity index is 1.36. The molecule has 1 atom stereocenters. The van der Waals surface area contributed by atoms with Crippen LogP contribution in [0.5, 0.6) is 0 Å². The normalized spacial score (nSPS) is 15.7. The number of nitrogens with zero attached hydrogens (tertiary/aromatic N) is 1. The average Bonchev–Trinajstić information content (AvgIpc) is 2.85. The quantitative estimate of drug-likeness (QED) is 0.483. The maximum atomic E-state index is 12.9. The summed E-state index contributed by atoms with van der Waals surface area (Å²) in [5.41, 5.74) is 3.11. The van der Waals surface area contributed by atoms with Crippen LogP contribution in [0.4, 0.5) is 5.69 Å². The van der Waals surface area contributed by atoms with Crippen molar-refractivity contribution in [2.45, 2.75) is 36.6 Å². The van der Waals surface area contributed by atoms with E-state index in [1.54, 1.807) is 48.5 Å². The number of carboxylic acids is 1. The minimum absolute atomic E-state index is 0.0644. The van der Waals surface area contributed by atoms with E-state index >= 15 is 0 Å². The van der Waals surface area contributed by atoms with Gasteiger partial charge < -0.3 is 10.0 Å². The lowest BCUT2D eigenvalue weighted by atomic mass is 9.90. The Kier molecular flexibility index (Phi) is 7.65. The van der Waals surface area contributed by atoms with Crippen LogP contribution in [0, 0.1) is 5.92 Å². The number of aliphatic carboxylic acids is 1. The van der Waals surface area contributed by atoms with Crippen molar-refractivity contribution >= 4 is 21.7 Å². The number of carboxylic acid groups (broad SMARTS) is 1. The number of hydrogen-bond donors (Lipinski definition) is 2. The van der Waals surface area contributed by atoms with E-state index in [2.05, 4.69) is 33.9 Å². The first-order valence-electron chi connectivity index (χ1n) is 11.6. The Labute approximate surface area is 201 Å². The van der Waals surface area contributed by atoms with E-state index in [9.17, 15) is 18.3 Å². The summed E-state index contributed by atoms with van der Waals surface area (Å²) in [5.74, 6) is -0.553. The molecule has 7 heteroatoms. The van der Waals surface area contributed by atoms with Crippen molar-refractivity contribution in [3.8, 4) is 0 Å². The van der Waals surface area contributed by atoms with E-state index in [0.29, 0.717) is 5.92 Å². The van der Waals surface area contributed by atoms with Gasteiger partial charge in [-0.1, -0.05) is 60.7 Å². The van der Waals surface area contributed by atoms with Gasteiger partial charge in [0.05, 0.1) is 4.90 Å². The van der Waals surface area contributed by atoms with E-state index in [1.807, 2.05) is 12.1 Å². The Morgan fingerprint density at radius 2 is 1.44 bits per heavy atom. The maximum Gasteiger partial charge on any atom is 0.322 e. The molecule has 1 aliphatic heterocycles. The molecule has 3 aromatic rings. The Hall–Kier alpha value is -3.16. The molecule has 6 nitrogen and oxygen atoms in total. The fraction of sp³-hybridized carbons (Fsp3) is 0.296. The topological polar surface area (TPSA) is 86.7 Å². The van der Waals surface area contributed by atoms with Crippen LogP contribution in [0.25, 0.3) is 0 Å². The summed E-state index contributed by atoms with van der Waals surface area (Å²) in [7, 11) is -3.96. The number of rotatable bonds is 9. The van der Waals surface area contributed by atoms with Crippen LogP contribution in [0.3, 0.4) is 0 Å². The Bertz CT molecular complexity index is 1170. The molecule has 0 bridgehead atoms. The first-order valence-corrected chi connectivity index (χ1v) is 13.1. The molecule has 4 rings (SSSR count). The molecule has 0 aliphatic carbocycles. The third kappa shape index (κ3) is 6.24. The van der Waals surface area contributed by atoms with Gasteiger partial charge in [0.1, 0.15) is 6.04 Å². The zero-order valence-corrected chi connectivity index (χ0v) is 19.8. The molecule has 2 N–H and O–H groups in total. The van der Waals surface area contributed by atoms with Crippen molar-refractivity contribution in [3.63, 3.8) is 0 Å². The standard InChI is InChI=1S/C27H30N2O4S/c30-27(31)26(20-22-9-5-2-6-10-22)28-34(32,33)25-13-11-24(12-14-25)29-17-15-23(16-18-29)19-21-7-3-1-4-8-21/h1-14,23,26,28H,15-20H2,(H,30,31). The van der Waals surface area contributed by atoms with Gasteiger partial charge in [0.15, 0.2) is 0 Å². The van der Waals surface area contributed by atoms with Gasteiger partial charge in [-0.3, -0.25) is 4.79 Å². The highest BCUT2D eigenvalue weighted by Gasteiger charge is 2.26. The molecule has 178 valence electrons. The largest absolute Gasteiger partial charge is 0.480 e. The molecule has 34 heavy (non-hydrogen) atoms. The molecule has 0 amide bonds. The van der Waals surface area contributed by atoms with Gasteiger partial charge in [0.2, 0.25) is 10.0 Å². The number of hydrogen-bond acceptors (Lipinski definition) is 4. The molecule has 0 saturated carbocycles. The van der Waals surface area contributed by atoms with Crippen LogP contribution in [0.15, 0.2) is 89.8 Å². The summed E-state index contributed by atoms with van der Waals surface area (Å²) >= 11 is 0. The first kappa shape index (κ1) is 24.0. The van der Waals surface area contributed by atoms with Crippen molar-refractivity contribution < 1.29 is 18.3 Å². The summed E-state index contributed by atoms with van der Waals surface area (Å²) in [4.78, 5) is 14.0. The van der Waals surface area contributed by atoms with Crippen LogP contribution in [0.1, 0.15) is 24.0 Å². The SMILES string of the molecule is O=C(O)C(Cc1ccccc1)NS(=O)(=O)c1ccc(N2CCC(Cc3ccccc3)CC2)cc1. The van der Waals surface area contributed by atoms with Crippen LogP contribution in [-0.4, -0.2) is 38.6 Å². The molecule has 1 unspecified atom stereocenters. The Morgan fingerprint density at radius 1 is 0.882 bits per heavy atom. The first-order chi connectivity index (χ1) is 16.4. The molecule has 1 aliphatic rings. The summed E-state index contributed by atoms with van der Waals surface area (Å²) in [6, 6.07) is 25.0. The summed E-state index contributed by atoms with van der Waals surface area (Å²) in [6.07, 6.45) is 3.35. The predicted molar refractivity (Wildman–Crippen MR) is 133 cm³/mol. The summed E-state index contributed by atoms with van der Waals surface area (Å²) in [6.45, 7) is 1.86. The predicted octanol–water partition coefficient (Wildman–Crippen LogP) is 4.12. The minimum atomic E-state index is -3.96. The fourth-order valence-electron chi connectivity index (χ4n) is 4.46. The molecule has 1 saturated heterocycles. The van der Waals surface area contributed by atoms with Gasteiger partial charge in [-0.2, -0.15) is 4.72 Å². The van der Waals surface area contributed by atoms with E-state index in [-0.39, 0.29) is 11.3 Å². The van der Waals surface area contributed by atoms with Gasteiger partial charge in [-0.25, -0.2) is 8.42 Å². The second-order valence-corrected chi connectivity index (χ2v) is 10.5. The smallest absolute Gasteiger partial charge is 0.322 e. The summed E-state index contributed by atoms with van der Waals surface area (Å²) < 4.78 is 28.1. The van der Waals surface area contributed by atoms with Crippen molar-refractivity contribution in [3.05, 3.63) is 96.1 Å². The molecule has 0 spiro atoms. The lowest BCUT2D eigenvalue weighted by Gasteiger charge is -2.33. The second kappa shape index (κ2) is 10.8. The third-order valence-electron chi connectivity index (χ3n) is 6.37. The van der Waals surface area contributed by atoms with Gasteiger partial charge in [-0.05, 0) is 67.0 Å². The number of anilines is 1. The Morgan fingerprint density at radius 3 is 2.00 bits per heavy atom. The average molecular weight is 479 g/mol. The van der Waals surface area contributed by atoms with E-state index in [1.165, 1.54) is 5.56 Å². The van der Waals surface area contributed by atoms with Crippen LogP contribution in [0.2, 0.25) is 0 Å². The molecule has 3 aromatic carbocycles. The van der Waals surface area contributed by atoms with Crippen LogP contribution < -0.4 is 9.62 Å². The van der Waals surface area contributed by atoms with Crippen LogP contribution >= 0.6 is 0 Å². The zero-order chi connectivity index (χ0) is 24.0. The number of benzene rings is 3. The molecular weight excluding hydrogens is 448 g/mol. The van der Waals surface area contributed by atoms with Gasteiger partial charge in [0, 0.05) is 18.8 Å².